The second-order valence-electron chi connectivity index (χ2n) is 4.02. The summed E-state index contributed by atoms with van der Waals surface area (Å²) in [6, 6.07) is 7.46. The van der Waals surface area contributed by atoms with Gasteiger partial charge in [-0.3, -0.25) is 4.72 Å². The number of rotatable bonds is 3. The quantitative estimate of drug-likeness (QED) is 0.770. The van der Waals surface area contributed by atoms with E-state index < -0.39 is 10.0 Å². The second-order valence-corrected chi connectivity index (χ2v) is 7.96. The third-order valence-electron chi connectivity index (χ3n) is 2.53. The molecule has 2 heterocycles. The van der Waals surface area contributed by atoms with Gasteiger partial charge in [0.1, 0.15) is 0 Å². The van der Waals surface area contributed by atoms with Crippen LogP contribution in [-0.2, 0) is 10.0 Å². The molecule has 0 atom stereocenters. The van der Waals surface area contributed by atoms with E-state index in [-0.39, 0.29) is 9.34 Å². The van der Waals surface area contributed by atoms with Gasteiger partial charge in [-0.2, -0.15) is 0 Å². The van der Waals surface area contributed by atoms with E-state index in [9.17, 15) is 8.42 Å². The summed E-state index contributed by atoms with van der Waals surface area (Å²) in [6.07, 6.45) is 0. The van der Waals surface area contributed by atoms with Crippen LogP contribution in [0.1, 0.15) is 5.69 Å². The first-order valence-corrected chi connectivity index (χ1v) is 8.68. The van der Waals surface area contributed by atoms with Gasteiger partial charge in [-0.15, -0.1) is 0 Å². The van der Waals surface area contributed by atoms with Crippen molar-refractivity contribution in [2.75, 3.05) is 10.5 Å². The number of nitrogens with one attached hydrogen (secondary N) is 1. The van der Waals surface area contributed by atoms with Gasteiger partial charge >= 0.3 is 0 Å². The number of fused-ring (bicyclic) bond motifs is 1. The Kier molecular flexibility index (Phi) is 3.11. The molecule has 1 aromatic carbocycles. The number of nitrogens with zero attached hydrogens (tertiary/aromatic N) is 2. The molecule has 0 aliphatic carbocycles. The van der Waals surface area contributed by atoms with Gasteiger partial charge in [-0.1, -0.05) is 34.8 Å². The number of para-hydroxylation sites is 1. The average Bonchev–Trinajstić information content (AvgIpc) is 2.91. The standard InChI is InChI=1S/C11H10N4O2S3/c1-6-9(19-10(12)13-6)20(16,17)15-11-14-7-4-2-3-5-8(7)18-11/h2-5H,1H3,(H2,12,13)(H,14,15). The van der Waals surface area contributed by atoms with Crippen LogP contribution < -0.4 is 10.5 Å². The third-order valence-corrected chi connectivity index (χ3v) is 6.55. The first-order chi connectivity index (χ1) is 9.45. The predicted molar refractivity (Wildman–Crippen MR) is 81.7 cm³/mol. The van der Waals surface area contributed by atoms with E-state index in [0.29, 0.717) is 10.8 Å². The molecular weight excluding hydrogens is 316 g/mol. The predicted octanol–water partition coefficient (Wildman–Crippen LogP) is 2.44. The lowest BCUT2D eigenvalue weighted by molar-refractivity contribution is 0.602. The summed E-state index contributed by atoms with van der Waals surface area (Å²) >= 11 is 2.22. The molecule has 0 fully saturated rings. The van der Waals surface area contributed by atoms with E-state index in [1.54, 1.807) is 6.92 Å². The van der Waals surface area contributed by atoms with Crippen LogP contribution in [0.4, 0.5) is 10.3 Å². The fraction of sp³-hybridized carbons (Fsp3) is 0.0909. The van der Waals surface area contributed by atoms with Crippen molar-refractivity contribution in [1.82, 2.24) is 9.97 Å². The van der Waals surface area contributed by atoms with E-state index in [1.807, 2.05) is 24.3 Å². The van der Waals surface area contributed by atoms with E-state index in [0.717, 1.165) is 21.6 Å². The highest BCUT2D eigenvalue weighted by atomic mass is 32.2. The van der Waals surface area contributed by atoms with Gasteiger partial charge in [0.2, 0.25) is 0 Å². The minimum atomic E-state index is -3.70. The van der Waals surface area contributed by atoms with E-state index in [1.165, 1.54) is 11.3 Å². The number of aryl methyl sites for hydroxylation is 1. The zero-order chi connectivity index (χ0) is 14.3. The number of thiazole rings is 2. The second kappa shape index (κ2) is 4.69. The van der Waals surface area contributed by atoms with E-state index >= 15 is 0 Å². The molecule has 0 saturated carbocycles. The molecule has 6 nitrogen and oxygen atoms in total. The molecule has 0 radical (unpaired) electrons. The number of anilines is 2. The fourth-order valence-corrected chi connectivity index (χ4v) is 5.13. The van der Waals surface area contributed by atoms with Crippen LogP contribution in [0.25, 0.3) is 10.2 Å². The lowest BCUT2D eigenvalue weighted by Gasteiger charge is -2.02. The molecule has 0 aliphatic rings. The first-order valence-electron chi connectivity index (χ1n) is 5.57. The average molecular weight is 326 g/mol. The normalized spacial score (nSPS) is 11.8. The highest BCUT2D eigenvalue weighted by Gasteiger charge is 2.22. The van der Waals surface area contributed by atoms with Crippen LogP contribution in [0.2, 0.25) is 0 Å². The van der Waals surface area contributed by atoms with E-state index in [2.05, 4.69) is 14.7 Å². The van der Waals surface area contributed by atoms with Gasteiger partial charge in [0.05, 0.1) is 15.9 Å². The van der Waals surface area contributed by atoms with Gasteiger partial charge < -0.3 is 5.73 Å². The minimum Gasteiger partial charge on any atom is -0.375 e. The summed E-state index contributed by atoms with van der Waals surface area (Å²) in [4.78, 5) is 8.16. The Morgan fingerprint density at radius 3 is 2.60 bits per heavy atom. The Morgan fingerprint density at radius 1 is 1.20 bits per heavy atom. The van der Waals surface area contributed by atoms with Gasteiger partial charge in [0, 0.05) is 0 Å². The number of hydrogen-bond acceptors (Lipinski definition) is 7. The van der Waals surface area contributed by atoms with Gasteiger partial charge in [-0.25, -0.2) is 18.4 Å². The molecule has 0 amide bonds. The summed E-state index contributed by atoms with van der Waals surface area (Å²) in [5.41, 5.74) is 6.68. The van der Waals surface area contributed by atoms with Crippen molar-refractivity contribution >= 4 is 53.2 Å². The highest BCUT2D eigenvalue weighted by molar-refractivity contribution is 7.95. The van der Waals surface area contributed by atoms with Crippen molar-refractivity contribution in [3.8, 4) is 0 Å². The number of aromatic nitrogens is 2. The Bertz CT molecular complexity index is 849. The molecule has 0 spiro atoms. The van der Waals surface area contributed by atoms with Crippen LogP contribution in [0, 0.1) is 6.92 Å². The fourth-order valence-electron chi connectivity index (χ4n) is 1.73. The number of sulfonamides is 1. The molecule has 9 heteroatoms. The first kappa shape index (κ1) is 13.3. The van der Waals surface area contributed by atoms with Crippen molar-refractivity contribution < 1.29 is 8.42 Å². The van der Waals surface area contributed by atoms with Crippen LogP contribution in [-0.4, -0.2) is 18.4 Å². The van der Waals surface area contributed by atoms with Crippen molar-refractivity contribution in [1.29, 1.82) is 0 Å². The Hall–Kier alpha value is -1.71. The maximum absolute atomic E-state index is 12.3. The van der Waals surface area contributed by atoms with Crippen LogP contribution >= 0.6 is 22.7 Å². The lowest BCUT2D eigenvalue weighted by Crippen LogP contribution is -2.12. The van der Waals surface area contributed by atoms with Crippen LogP contribution in [0.5, 0.6) is 0 Å². The zero-order valence-electron chi connectivity index (χ0n) is 10.3. The third kappa shape index (κ3) is 2.35. The van der Waals surface area contributed by atoms with Crippen LogP contribution in [0.3, 0.4) is 0 Å². The molecule has 0 aliphatic heterocycles. The molecule has 0 unspecified atom stereocenters. The maximum atomic E-state index is 12.3. The molecule has 0 saturated heterocycles. The topological polar surface area (TPSA) is 98.0 Å². The monoisotopic (exact) mass is 326 g/mol. The van der Waals surface area contributed by atoms with Crippen molar-refractivity contribution in [3.05, 3.63) is 30.0 Å². The SMILES string of the molecule is Cc1nc(N)sc1S(=O)(=O)Nc1nc2ccccc2s1. The smallest absolute Gasteiger partial charge is 0.275 e. The van der Waals surface area contributed by atoms with Crippen molar-refractivity contribution in [2.24, 2.45) is 0 Å². The number of hydrogen-bond donors (Lipinski definition) is 2. The number of nitrogen functional groups attached to an aromatic ring is 1. The molecule has 2 aromatic heterocycles. The summed E-state index contributed by atoms with van der Waals surface area (Å²) in [5, 5.41) is 0.560. The summed E-state index contributed by atoms with van der Waals surface area (Å²) < 4.78 is 28.1. The Morgan fingerprint density at radius 2 is 1.95 bits per heavy atom. The van der Waals surface area contributed by atoms with Crippen LogP contribution in [0.15, 0.2) is 28.5 Å². The molecular formula is C11H10N4O2S3. The van der Waals surface area contributed by atoms with Gasteiger partial charge in [0.15, 0.2) is 14.5 Å². The largest absolute Gasteiger partial charge is 0.375 e. The summed E-state index contributed by atoms with van der Waals surface area (Å²) in [6.45, 7) is 1.61. The number of nitrogens with two attached hydrogens (primary N) is 1. The number of benzene rings is 1. The van der Waals surface area contributed by atoms with Crippen molar-refractivity contribution in [2.45, 2.75) is 11.1 Å². The maximum Gasteiger partial charge on any atom is 0.275 e. The van der Waals surface area contributed by atoms with Gasteiger partial charge in [0.25, 0.3) is 10.0 Å². The summed E-state index contributed by atoms with van der Waals surface area (Å²) in [5.74, 6) is 0. The molecule has 3 rings (SSSR count). The van der Waals surface area contributed by atoms with Gasteiger partial charge in [-0.05, 0) is 19.1 Å². The molecule has 104 valence electrons. The highest BCUT2D eigenvalue weighted by Crippen LogP contribution is 2.30. The molecule has 0 bridgehead atoms. The van der Waals surface area contributed by atoms with E-state index in [4.69, 9.17) is 5.73 Å². The minimum absolute atomic E-state index is 0.120. The van der Waals surface area contributed by atoms with Crippen molar-refractivity contribution in [3.63, 3.8) is 0 Å². The molecule has 20 heavy (non-hydrogen) atoms. The molecule has 3 aromatic rings. The zero-order valence-corrected chi connectivity index (χ0v) is 12.8. The molecule has 3 N–H and O–H groups in total. The lowest BCUT2D eigenvalue weighted by atomic mass is 10.3. The summed E-state index contributed by atoms with van der Waals surface area (Å²) in [7, 11) is -3.70. The Balaban J connectivity index is 1.99. The Labute approximate surface area is 123 Å².